The molecule has 0 saturated carbocycles. The number of guanidine groups is 1. The summed E-state index contributed by atoms with van der Waals surface area (Å²) in [6, 6.07) is 8.82. The Morgan fingerprint density at radius 1 is 1.10 bits per heavy atom. The van der Waals surface area contributed by atoms with Crippen LogP contribution in [0.3, 0.4) is 0 Å². The number of hydrogen-bond acceptors (Lipinski definition) is 3. The zero-order chi connectivity index (χ0) is 19.6. The van der Waals surface area contributed by atoms with E-state index < -0.39 is 0 Å². The molecule has 1 aromatic rings. The fourth-order valence-electron chi connectivity index (χ4n) is 3.98. The molecule has 162 valence electrons. The van der Waals surface area contributed by atoms with Crippen molar-refractivity contribution in [2.24, 2.45) is 4.99 Å². The van der Waals surface area contributed by atoms with E-state index in [1.165, 1.54) is 36.8 Å². The second kappa shape index (κ2) is 13.2. The summed E-state index contributed by atoms with van der Waals surface area (Å²) in [6.45, 7) is 4.67. The lowest BCUT2D eigenvalue weighted by atomic mass is 9.97. The smallest absolute Gasteiger partial charge is 0.191 e. The number of aliphatic hydroxyl groups is 1. The number of piperidine rings is 1. The lowest BCUT2D eigenvalue weighted by molar-refractivity contribution is 0.0792. The van der Waals surface area contributed by atoms with Crippen molar-refractivity contribution in [2.75, 3.05) is 26.7 Å². The zero-order valence-electron chi connectivity index (χ0n) is 17.7. The van der Waals surface area contributed by atoms with E-state index in [1.54, 1.807) is 5.57 Å². The lowest BCUT2D eigenvalue weighted by Crippen LogP contribution is -2.37. The Kier molecular flexibility index (Phi) is 11.0. The number of nitrogens with zero attached hydrogens (tertiary/aromatic N) is 2. The average molecular weight is 512 g/mol. The Morgan fingerprint density at radius 2 is 1.83 bits per heavy atom. The second-order valence-electron chi connectivity index (χ2n) is 8.03. The molecule has 1 saturated heterocycles. The number of nitrogens with one attached hydrogen (secondary N) is 2. The molecule has 1 aliphatic heterocycles. The number of aliphatic hydroxyl groups excluding tert-OH is 1. The molecule has 0 spiro atoms. The molecule has 0 amide bonds. The van der Waals surface area contributed by atoms with Crippen LogP contribution in [0.15, 0.2) is 40.9 Å². The molecule has 6 heteroatoms. The van der Waals surface area contributed by atoms with Crippen LogP contribution in [0.4, 0.5) is 0 Å². The van der Waals surface area contributed by atoms with Crippen molar-refractivity contribution < 1.29 is 5.11 Å². The highest BCUT2D eigenvalue weighted by molar-refractivity contribution is 14.0. The van der Waals surface area contributed by atoms with E-state index in [2.05, 4.69) is 50.9 Å². The van der Waals surface area contributed by atoms with Crippen LogP contribution >= 0.6 is 24.0 Å². The number of allylic oxidation sites excluding steroid dienone is 1. The molecule has 5 nitrogen and oxygen atoms in total. The first kappa shape index (κ1) is 24.2. The van der Waals surface area contributed by atoms with Crippen LogP contribution in [-0.4, -0.2) is 48.8 Å². The topological polar surface area (TPSA) is 59.9 Å². The standard InChI is InChI=1S/C23H36N4O.HI/c1-24-23(25-14-11-19-5-3-2-4-6-19)26-17-20-7-9-21(10-8-20)18-27-15-12-22(28)13-16-27;/h5,7-10,22,28H,2-4,6,11-18H2,1H3,(H2,24,25,26);1H. The first-order valence-corrected chi connectivity index (χ1v) is 10.8. The number of likely N-dealkylation sites (tertiary alicyclic amines) is 1. The van der Waals surface area contributed by atoms with Crippen molar-refractivity contribution in [1.29, 1.82) is 0 Å². The third kappa shape index (κ3) is 8.64. The third-order valence-corrected chi connectivity index (χ3v) is 5.79. The van der Waals surface area contributed by atoms with Gasteiger partial charge in [-0.05, 0) is 56.1 Å². The van der Waals surface area contributed by atoms with Crippen LogP contribution in [-0.2, 0) is 13.1 Å². The number of hydrogen-bond donors (Lipinski definition) is 3. The van der Waals surface area contributed by atoms with Crippen LogP contribution in [0.2, 0.25) is 0 Å². The Morgan fingerprint density at radius 3 is 2.48 bits per heavy atom. The van der Waals surface area contributed by atoms with E-state index in [4.69, 9.17) is 0 Å². The van der Waals surface area contributed by atoms with Crippen LogP contribution in [0, 0.1) is 0 Å². The molecule has 0 bridgehead atoms. The van der Waals surface area contributed by atoms with Gasteiger partial charge in [-0.25, -0.2) is 0 Å². The monoisotopic (exact) mass is 512 g/mol. The van der Waals surface area contributed by atoms with Crippen LogP contribution < -0.4 is 10.6 Å². The summed E-state index contributed by atoms with van der Waals surface area (Å²) in [6.07, 6.45) is 10.4. The van der Waals surface area contributed by atoms with Crippen molar-refractivity contribution >= 4 is 29.9 Å². The summed E-state index contributed by atoms with van der Waals surface area (Å²) in [7, 11) is 1.83. The summed E-state index contributed by atoms with van der Waals surface area (Å²) < 4.78 is 0. The third-order valence-electron chi connectivity index (χ3n) is 5.79. The maximum Gasteiger partial charge on any atom is 0.191 e. The summed E-state index contributed by atoms with van der Waals surface area (Å²) in [5.41, 5.74) is 4.19. The van der Waals surface area contributed by atoms with E-state index in [-0.39, 0.29) is 30.1 Å². The number of rotatable bonds is 7. The predicted octanol–water partition coefficient (Wildman–Crippen LogP) is 3.82. The van der Waals surface area contributed by atoms with Crippen LogP contribution in [0.1, 0.15) is 56.1 Å². The van der Waals surface area contributed by atoms with Crippen molar-refractivity contribution in [3.05, 3.63) is 47.0 Å². The van der Waals surface area contributed by atoms with Gasteiger partial charge in [-0.1, -0.05) is 35.9 Å². The fraction of sp³-hybridized carbons (Fsp3) is 0.609. The number of aliphatic imine (C=N–C) groups is 1. The van der Waals surface area contributed by atoms with E-state index in [0.29, 0.717) is 0 Å². The normalized spacial score (nSPS) is 18.7. The molecule has 3 N–H and O–H groups in total. The van der Waals surface area contributed by atoms with Gasteiger partial charge in [0, 0.05) is 39.8 Å². The van der Waals surface area contributed by atoms with Crippen LogP contribution in [0.5, 0.6) is 0 Å². The van der Waals surface area contributed by atoms with Crippen LogP contribution in [0.25, 0.3) is 0 Å². The number of benzene rings is 1. The highest BCUT2D eigenvalue weighted by Crippen LogP contribution is 2.19. The highest BCUT2D eigenvalue weighted by Gasteiger charge is 2.16. The Balaban J connectivity index is 0.00000300. The summed E-state index contributed by atoms with van der Waals surface area (Å²) in [5, 5.41) is 16.5. The van der Waals surface area contributed by atoms with Crippen molar-refractivity contribution in [1.82, 2.24) is 15.5 Å². The van der Waals surface area contributed by atoms with Gasteiger partial charge in [-0.15, -0.1) is 24.0 Å². The molecule has 29 heavy (non-hydrogen) atoms. The molecule has 1 heterocycles. The van der Waals surface area contributed by atoms with Gasteiger partial charge in [0.15, 0.2) is 5.96 Å². The van der Waals surface area contributed by atoms with Crippen molar-refractivity contribution in [3.63, 3.8) is 0 Å². The summed E-state index contributed by atoms with van der Waals surface area (Å²) in [4.78, 5) is 6.76. The minimum atomic E-state index is -0.105. The molecular formula is C23H37IN4O. The second-order valence-corrected chi connectivity index (χ2v) is 8.03. The molecular weight excluding hydrogens is 475 g/mol. The van der Waals surface area contributed by atoms with E-state index in [1.807, 2.05) is 7.05 Å². The van der Waals surface area contributed by atoms with E-state index in [9.17, 15) is 5.11 Å². The van der Waals surface area contributed by atoms with E-state index >= 15 is 0 Å². The predicted molar refractivity (Wildman–Crippen MR) is 132 cm³/mol. The van der Waals surface area contributed by atoms with Gasteiger partial charge in [0.05, 0.1) is 6.10 Å². The largest absolute Gasteiger partial charge is 0.393 e. The molecule has 1 fully saturated rings. The maximum absolute atomic E-state index is 9.62. The van der Waals surface area contributed by atoms with Crippen molar-refractivity contribution in [3.8, 4) is 0 Å². The molecule has 0 aromatic heterocycles. The van der Waals surface area contributed by atoms with Gasteiger partial charge in [-0.3, -0.25) is 9.89 Å². The lowest BCUT2D eigenvalue weighted by Gasteiger charge is -2.29. The molecule has 0 atom stereocenters. The summed E-state index contributed by atoms with van der Waals surface area (Å²) >= 11 is 0. The van der Waals surface area contributed by atoms with E-state index in [0.717, 1.165) is 57.9 Å². The Labute approximate surface area is 193 Å². The molecule has 0 radical (unpaired) electrons. The minimum Gasteiger partial charge on any atom is -0.393 e. The molecule has 0 unspecified atom stereocenters. The molecule has 1 aromatic carbocycles. The van der Waals surface area contributed by atoms with Gasteiger partial charge >= 0.3 is 0 Å². The zero-order valence-corrected chi connectivity index (χ0v) is 20.0. The first-order valence-electron chi connectivity index (χ1n) is 10.8. The first-order chi connectivity index (χ1) is 13.7. The maximum atomic E-state index is 9.62. The quantitative estimate of drug-likeness (QED) is 0.225. The number of halogens is 1. The fourth-order valence-corrected chi connectivity index (χ4v) is 3.98. The average Bonchev–Trinajstić information content (AvgIpc) is 2.74. The van der Waals surface area contributed by atoms with Gasteiger partial charge in [0.1, 0.15) is 0 Å². The van der Waals surface area contributed by atoms with Gasteiger partial charge < -0.3 is 15.7 Å². The Hall–Kier alpha value is -1.12. The molecule has 1 aliphatic carbocycles. The molecule has 2 aliphatic rings. The van der Waals surface area contributed by atoms with Gasteiger partial charge in [-0.2, -0.15) is 0 Å². The Bertz CT molecular complexity index is 651. The summed E-state index contributed by atoms with van der Waals surface area (Å²) in [5.74, 6) is 0.868. The SMILES string of the molecule is CN=C(NCCC1=CCCCC1)NCc1ccc(CN2CCC(O)CC2)cc1.I. The highest BCUT2D eigenvalue weighted by atomic mass is 127. The molecule has 3 rings (SSSR count). The minimum absolute atomic E-state index is 0. The van der Waals surface area contributed by atoms with Gasteiger partial charge in [0.2, 0.25) is 0 Å². The van der Waals surface area contributed by atoms with Gasteiger partial charge in [0.25, 0.3) is 0 Å². The van der Waals surface area contributed by atoms with Crippen molar-refractivity contribution in [2.45, 2.75) is 64.1 Å².